The maximum absolute atomic E-state index is 12.7. The van der Waals surface area contributed by atoms with Crippen LogP contribution in [0.5, 0.6) is 0 Å². The molecule has 0 saturated carbocycles. The topological polar surface area (TPSA) is 58.4 Å². The van der Waals surface area contributed by atoms with E-state index in [1.165, 1.54) is 0 Å². The molecule has 0 spiro atoms. The van der Waals surface area contributed by atoms with Gasteiger partial charge in [0.1, 0.15) is 11.6 Å². The normalized spacial score (nSPS) is 16.0. The lowest BCUT2D eigenvalue weighted by atomic mass is 10.0. The van der Waals surface area contributed by atoms with Gasteiger partial charge in [-0.05, 0) is 38.0 Å². The van der Waals surface area contributed by atoms with Crippen molar-refractivity contribution in [3.63, 3.8) is 0 Å². The van der Waals surface area contributed by atoms with Gasteiger partial charge in [0.2, 0.25) is 0 Å². The number of nitrogens with one attached hydrogen (secondary N) is 1. The van der Waals surface area contributed by atoms with Gasteiger partial charge in [-0.1, -0.05) is 11.6 Å². The Morgan fingerprint density at radius 2 is 2.04 bits per heavy atom. The molecule has 140 valence electrons. The molecule has 1 aliphatic heterocycles. The van der Waals surface area contributed by atoms with Crippen molar-refractivity contribution in [2.24, 2.45) is 0 Å². The van der Waals surface area contributed by atoms with Crippen molar-refractivity contribution in [3.8, 4) is 0 Å². The standard InChI is InChI=1S/C17H17ClF3N3O2/c1-10-2-3-14(26-10)16(25)23-12-4-6-24(7-5-12)15-13(18)8-11(9-22-15)17(19,20)21/h2-3,8-9,12H,4-7H2,1H3,(H,23,25). The number of carbonyl (C=O) groups excluding carboxylic acids is 1. The van der Waals surface area contributed by atoms with E-state index < -0.39 is 11.7 Å². The molecule has 0 aromatic carbocycles. The van der Waals surface area contributed by atoms with Crippen LogP contribution in [0.2, 0.25) is 5.02 Å². The molecule has 0 unspecified atom stereocenters. The summed E-state index contributed by atoms with van der Waals surface area (Å²) in [5, 5.41) is 2.87. The quantitative estimate of drug-likeness (QED) is 0.863. The van der Waals surface area contributed by atoms with Gasteiger partial charge in [0.05, 0.1) is 10.6 Å². The minimum Gasteiger partial charge on any atom is -0.456 e. The average Bonchev–Trinajstić information content (AvgIpc) is 3.01. The van der Waals surface area contributed by atoms with E-state index >= 15 is 0 Å². The fraction of sp³-hybridized carbons (Fsp3) is 0.412. The van der Waals surface area contributed by atoms with Crippen LogP contribution in [0.4, 0.5) is 19.0 Å². The summed E-state index contributed by atoms with van der Waals surface area (Å²) in [6, 6.07) is 4.18. The fourth-order valence-electron chi connectivity index (χ4n) is 2.87. The number of hydrogen-bond acceptors (Lipinski definition) is 4. The van der Waals surface area contributed by atoms with E-state index in [0.29, 0.717) is 37.5 Å². The number of piperidine rings is 1. The van der Waals surface area contributed by atoms with Crippen LogP contribution in [0.25, 0.3) is 0 Å². The minimum absolute atomic E-state index is 0.0339. The zero-order valence-corrected chi connectivity index (χ0v) is 14.7. The number of aryl methyl sites for hydroxylation is 1. The zero-order chi connectivity index (χ0) is 18.9. The van der Waals surface area contributed by atoms with Crippen molar-refractivity contribution in [3.05, 3.63) is 46.5 Å². The Hall–Kier alpha value is -2.22. The van der Waals surface area contributed by atoms with E-state index in [0.717, 1.165) is 12.3 Å². The number of hydrogen-bond donors (Lipinski definition) is 1. The number of pyridine rings is 1. The monoisotopic (exact) mass is 387 g/mol. The molecule has 1 fully saturated rings. The average molecular weight is 388 g/mol. The third kappa shape index (κ3) is 4.12. The van der Waals surface area contributed by atoms with E-state index in [-0.39, 0.29) is 22.7 Å². The third-order valence-electron chi connectivity index (χ3n) is 4.24. The SMILES string of the molecule is Cc1ccc(C(=O)NC2CCN(c3ncc(C(F)(F)F)cc3Cl)CC2)o1. The van der Waals surface area contributed by atoms with Crippen LogP contribution in [0, 0.1) is 6.92 Å². The van der Waals surface area contributed by atoms with Crippen molar-refractivity contribution in [2.75, 3.05) is 18.0 Å². The van der Waals surface area contributed by atoms with Crippen LogP contribution < -0.4 is 10.2 Å². The summed E-state index contributed by atoms with van der Waals surface area (Å²) >= 11 is 5.99. The highest BCUT2D eigenvalue weighted by Crippen LogP contribution is 2.34. The number of nitrogens with zero attached hydrogens (tertiary/aromatic N) is 2. The van der Waals surface area contributed by atoms with Gasteiger partial charge in [0.25, 0.3) is 5.91 Å². The van der Waals surface area contributed by atoms with E-state index in [1.54, 1.807) is 19.1 Å². The zero-order valence-electron chi connectivity index (χ0n) is 13.9. The Bertz CT molecular complexity index is 799. The van der Waals surface area contributed by atoms with E-state index in [1.807, 2.05) is 4.90 Å². The van der Waals surface area contributed by atoms with E-state index in [9.17, 15) is 18.0 Å². The maximum Gasteiger partial charge on any atom is 0.417 e. The first kappa shape index (κ1) is 18.6. The highest BCUT2D eigenvalue weighted by molar-refractivity contribution is 6.33. The third-order valence-corrected chi connectivity index (χ3v) is 4.52. The number of furan rings is 1. The Balaban J connectivity index is 1.59. The summed E-state index contributed by atoms with van der Waals surface area (Å²) in [5.74, 6) is 0.971. The Morgan fingerprint density at radius 3 is 2.58 bits per heavy atom. The number of rotatable bonds is 3. The summed E-state index contributed by atoms with van der Waals surface area (Å²) in [4.78, 5) is 17.8. The van der Waals surface area contributed by atoms with Gasteiger partial charge in [-0.2, -0.15) is 13.2 Å². The molecule has 1 N–H and O–H groups in total. The minimum atomic E-state index is -4.48. The number of alkyl halides is 3. The lowest BCUT2D eigenvalue weighted by molar-refractivity contribution is -0.137. The smallest absolute Gasteiger partial charge is 0.417 e. The molecule has 1 amide bonds. The molecular formula is C17H17ClF3N3O2. The first-order chi connectivity index (χ1) is 12.2. The molecule has 1 saturated heterocycles. The van der Waals surface area contributed by atoms with Crippen LogP contribution in [0.3, 0.4) is 0 Å². The highest BCUT2D eigenvalue weighted by Gasteiger charge is 2.32. The predicted octanol–water partition coefficient (Wildman–Crippen LogP) is 4.05. The van der Waals surface area contributed by atoms with Gasteiger partial charge >= 0.3 is 6.18 Å². The predicted molar refractivity (Wildman–Crippen MR) is 90.4 cm³/mol. The van der Waals surface area contributed by atoms with Crippen LogP contribution in [-0.4, -0.2) is 30.0 Å². The molecule has 3 heterocycles. The Kier molecular flexibility index (Phi) is 5.13. The molecule has 1 aliphatic rings. The van der Waals surface area contributed by atoms with Crippen molar-refractivity contribution in [2.45, 2.75) is 32.0 Å². The van der Waals surface area contributed by atoms with Crippen molar-refractivity contribution in [1.29, 1.82) is 0 Å². The number of amides is 1. The molecule has 9 heteroatoms. The molecule has 0 radical (unpaired) electrons. The van der Waals surface area contributed by atoms with Gasteiger partial charge in [0.15, 0.2) is 5.76 Å². The molecular weight excluding hydrogens is 371 g/mol. The Morgan fingerprint density at radius 1 is 1.35 bits per heavy atom. The molecule has 0 atom stereocenters. The fourth-order valence-corrected chi connectivity index (χ4v) is 3.15. The van der Waals surface area contributed by atoms with Gasteiger partial charge in [-0.25, -0.2) is 4.98 Å². The second-order valence-electron chi connectivity index (χ2n) is 6.17. The summed E-state index contributed by atoms with van der Waals surface area (Å²) in [6.07, 6.45) is -2.43. The van der Waals surface area contributed by atoms with Gasteiger partial charge < -0.3 is 14.6 Å². The molecule has 26 heavy (non-hydrogen) atoms. The molecule has 5 nitrogen and oxygen atoms in total. The largest absolute Gasteiger partial charge is 0.456 e. The number of carbonyl (C=O) groups is 1. The number of halogens is 4. The Labute approximate surface area is 153 Å². The summed E-state index contributed by atoms with van der Waals surface area (Å²) in [5.41, 5.74) is -0.873. The molecule has 2 aromatic rings. The van der Waals surface area contributed by atoms with Crippen LogP contribution in [-0.2, 0) is 6.18 Å². The first-order valence-electron chi connectivity index (χ1n) is 8.09. The van der Waals surface area contributed by atoms with Crippen LogP contribution in [0.15, 0.2) is 28.8 Å². The maximum atomic E-state index is 12.7. The van der Waals surface area contributed by atoms with Gasteiger partial charge in [0, 0.05) is 25.3 Å². The molecule has 0 bridgehead atoms. The van der Waals surface area contributed by atoms with Gasteiger partial charge in [-0.3, -0.25) is 4.79 Å². The molecule has 0 aliphatic carbocycles. The van der Waals surface area contributed by atoms with Crippen molar-refractivity contribution >= 4 is 23.3 Å². The number of anilines is 1. The van der Waals surface area contributed by atoms with Crippen LogP contribution >= 0.6 is 11.6 Å². The first-order valence-corrected chi connectivity index (χ1v) is 8.47. The second-order valence-corrected chi connectivity index (χ2v) is 6.58. The highest BCUT2D eigenvalue weighted by atomic mass is 35.5. The van der Waals surface area contributed by atoms with Crippen molar-refractivity contribution < 1.29 is 22.4 Å². The lowest BCUT2D eigenvalue weighted by Gasteiger charge is -2.33. The van der Waals surface area contributed by atoms with Crippen LogP contribution in [0.1, 0.15) is 34.7 Å². The van der Waals surface area contributed by atoms with Gasteiger partial charge in [-0.15, -0.1) is 0 Å². The van der Waals surface area contributed by atoms with E-state index in [2.05, 4.69) is 10.3 Å². The van der Waals surface area contributed by atoms with Crippen molar-refractivity contribution in [1.82, 2.24) is 10.3 Å². The summed E-state index contributed by atoms with van der Waals surface area (Å²) in [7, 11) is 0. The second kappa shape index (κ2) is 7.19. The molecule has 3 rings (SSSR count). The van der Waals surface area contributed by atoms with E-state index in [4.69, 9.17) is 16.0 Å². The molecule has 2 aromatic heterocycles. The summed E-state index contributed by atoms with van der Waals surface area (Å²) < 4.78 is 43.4. The number of aromatic nitrogens is 1. The summed E-state index contributed by atoms with van der Waals surface area (Å²) in [6.45, 7) is 2.82. The lowest BCUT2D eigenvalue weighted by Crippen LogP contribution is -2.45.